The third-order valence-electron chi connectivity index (χ3n) is 4.71. The zero-order valence-electron chi connectivity index (χ0n) is 15.0. The number of aryl methyl sites for hydroxylation is 1. The van der Waals surface area contributed by atoms with Crippen LogP contribution < -0.4 is 15.5 Å². The lowest BCUT2D eigenvalue weighted by Gasteiger charge is -2.36. The van der Waals surface area contributed by atoms with Crippen molar-refractivity contribution in [2.75, 3.05) is 41.7 Å². The molecule has 4 rings (SSSR count). The van der Waals surface area contributed by atoms with Gasteiger partial charge >= 0.3 is 0 Å². The third kappa shape index (κ3) is 3.47. The summed E-state index contributed by atoms with van der Waals surface area (Å²) in [6.45, 7) is 5.88. The second-order valence-corrected chi connectivity index (χ2v) is 6.63. The molecule has 132 valence electrons. The number of piperazine rings is 1. The predicted octanol–water partition coefficient (Wildman–Crippen LogP) is 3.36. The van der Waals surface area contributed by atoms with E-state index in [-0.39, 0.29) is 0 Å². The van der Waals surface area contributed by atoms with Crippen LogP contribution in [0, 0.1) is 6.92 Å². The summed E-state index contributed by atoms with van der Waals surface area (Å²) in [5.41, 5.74) is 9.85. The Morgan fingerprint density at radius 1 is 0.808 bits per heavy atom. The zero-order valence-corrected chi connectivity index (χ0v) is 15.0. The molecule has 3 aromatic rings. The van der Waals surface area contributed by atoms with Crippen molar-refractivity contribution in [3.05, 3.63) is 66.4 Å². The van der Waals surface area contributed by atoms with Crippen LogP contribution in [0.1, 0.15) is 5.69 Å². The topological polar surface area (TPSA) is 58.3 Å². The molecule has 0 unspecified atom stereocenters. The quantitative estimate of drug-likeness (QED) is 0.738. The second-order valence-electron chi connectivity index (χ2n) is 6.63. The molecule has 5 heteroatoms. The van der Waals surface area contributed by atoms with E-state index in [9.17, 15) is 0 Å². The minimum Gasteiger partial charge on any atom is -0.399 e. The molecule has 1 fully saturated rings. The van der Waals surface area contributed by atoms with Gasteiger partial charge in [0.25, 0.3) is 0 Å². The van der Waals surface area contributed by atoms with E-state index >= 15 is 0 Å². The first-order chi connectivity index (χ1) is 12.7. The number of para-hydroxylation sites is 1. The molecule has 5 nitrogen and oxygen atoms in total. The maximum absolute atomic E-state index is 5.91. The van der Waals surface area contributed by atoms with Gasteiger partial charge in [-0.3, -0.25) is 0 Å². The molecule has 1 aromatic heterocycles. The third-order valence-corrected chi connectivity index (χ3v) is 4.71. The van der Waals surface area contributed by atoms with Gasteiger partial charge in [0.1, 0.15) is 5.82 Å². The summed E-state index contributed by atoms with van der Waals surface area (Å²) in [6, 6.07) is 20.4. The first-order valence-corrected chi connectivity index (χ1v) is 8.95. The first kappa shape index (κ1) is 16.4. The van der Waals surface area contributed by atoms with E-state index in [1.165, 1.54) is 5.69 Å². The Morgan fingerprint density at radius 2 is 1.54 bits per heavy atom. The van der Waals surface area contributed by atoms with Gasteiger partial charge in [-0.25, -0.2) is 9.97 Å². The summed E-state index contributed by atoms with van der Waals surface area (Å²) in [5, 5.41) is 0. The van der Waals surface area contributed by atoms with E-state index in [1.54, 1.807) is 0 Å². The van der Waals surface area contributed by atoms with E-state index in [2.05, 4.69) is 51.2 Å². The largest absolute Gasteiger partial charge is 0.399 e. The summed E-state index contributed by atoms with van der Waals surface area (Å²) in [4.78, 5) is 14.2. The van der Waals surface area contributed by atoms with Gasteiger partial charge in [0.15, 0.2) is 5.82 Å². The molecular weight excluding hydrogens is 322 g/mol. The van der Waals surface area contributed by atoms with Gasteiger partial charge < -0.3 is 15.5 Å². The fraction of sp³-hybridized carbons (Fsp3) is 0.238. The number of aromatic nitrogens is 2. The van der Waals surface area contributed by atoms with Crippen LogP contribution in [0.4, 0.5) is 17.2 Å². The van der Waals surface area contributed by atoms with Gasteiger partial charge in [0.05, 0.1) is 0 Å². The molecule has 0 aliphatic carbocycles. The van der Waals surface area contributed by atoms with Crippen molar-refractivity contribution in [1.29, 1.82) is 0 Å². The summed E-state index contributed by atoms with van der Waals surface area (Å²) < 4.78 is 0. The minimum atomic E-state index is 0.727. The Hall–Kier alpha value is -3.08. The number of nitrogen functional groups attached to an aromatic ring is 1. The minimum absolute atomic E-state index is 0.727. The van der Waals surface area contributed by atoms with Gasteiger partial charge in [-0.05, 0) is 31.2 Å². The highest BCUT2D eigenvalue weighted by atomic mass is 15.3. The number of benzene rings is 2. The van der Waals surface area contributed by atoms with Crippen molar-refractivity contribution in [3.8, 4) is 11.4 Å². The standard InChI is InChI=1S/C21H23N5/c1-16-14-20(24-21(23-16)17-6-5-7-18(22)15-17)26-12-10-25(11-13-26)19-8-3-2-4-9-19/h2-9,14-15H,10-13,22H2,1H3. The van der Waals surface area contributed by atoms with Gasteiger partial charge in [-0.15, -0.1) is 0 Å². The number of nitrogens with two attached hydrogens (primary N) is 1. The summed E-state index contributed by atoms with van der Waals surface area (Å²) >= 11 is 0. The highest BCUT2D eigenvalue weighted by Crippen LogP contribution is 2.23. The van der Waals surface area contributed by atoms with Crippen LogP contribution in [0.15, 0.2) is 60.7 Å². The van der Waals surface area contributed by atoms with Crippen LogP contribution in [0.2, 0.25) is 0 Å². The lowest BCUT2D eigenvalue weighted by molar-refractivity contribution is 0.646. The Morgan fingerprint density at radius 3 is 2.27 bits per heavy atom. The van der Waals surface area contributed by atoms with Crippen molar-refractivity contribution >= 4 is 17.2 Å². The number of rotatable bonds is 3. The molecule has 2 N–H and O–H groups in total. The number of hydrogen-bond donors (Lipinski definition) is 1. The van der Waals surface area contributed by atoms with Crippen LogP contribution >= 0.6 is 0 Å². The van der Waals surface area contributed by atoms with Crippen molar-refractivity contribution in [2.45, 2.75) is 6.92 Å². The molecule has 0 atom stereocenters. The molecule has 0 radical (unpaired) electrons. The molecule has 1 saturated heterocycles. The van der Waals surface area contributed by atoms with Crippen LogP contribution in [0.25, 0.3) is 11.4 Å². The van der Waals surface area contributed by atoms with Gasteiger partial charge in [-0.1, -0.05) is 30.3 Å². The number of anilines is 3. The van der Waals surface area contributed by atoms with Crippen molar-refractivity contribution < 1.29 is 0 Å². The molecule has 2 aromatic carbocycles. The Kier molecular flexibility index (Phi) is 4.44. The Labute approximate surface area is 154 Å². The highest BCUT2D eigenvalue weighted by Gasteiger charge is 2.19. The molecule has 0 bridgehead atoms. The average Bonchev–Trinajstić information content (AvgIpc) is 2.68. The van der Waals surface area contributed by atoms with E-state index in [1.807, 2.05) is 31.2 Å². The van der Waals surface area contributed by atoms with Crippen LogP contribution in [0.5, 0.6) is 0 Å². The molecule has 1 aliphatic rings. The fourth-order valence-electron chi connectivity index (χ4n) is 3.35. The normalized spacial score (nSPS) is 14.5. The maximum atomic E-state index is 5.91. The predicted molar refractivity (Wildman–Crippen MR) is 107 cm³/mol. The molecule has 2 heterocycles. The molecule has 0 spiro atoms. The lowest BCUT2D eigenvalue weighted by atomic mass is 10.2. The monoisotopic (exact) mass is 345 g/mol. The SMILES string of the molecule is Cc1cc(N2CCN(c3ccccc3)CC2)nc(-c2cccc(N)c2)n1. The van der Waals surface area contributed by atoms with Gasteiger partial charge in [0, 0.05) is 54.9 Å². The fourth-order valence-corrected chi connectivity index (χ4v) is 3.35. The average molecular weight is 345 g/mol. The van der Waals surface area contributed by atoms with E-state index in [0.717, 1.165) is 54.8 Å². The smallest absolute Gasteiger partial charge is 0.161 e. The molecule has 26 heavy (non-hydrogen) atoms. The summed E-state index contributed by atoms with van der Waals surface area (Å²) in [6.07, 6.45) is 0. The Bertz CT molecular complexity index is 886. The first-order valence-electron chi connectivity index (χ1n) is 8.95. The Balaban J connectivity index is 1.54. The summed E-state index contributed by atoms with van der Waals surface area (Å²) in [7, 11) is 0. The van der Waals surface area contributed by atoms with Gasteiger partial charge in [-0.2, -0.15) is 0 Å². The van der Waals surface area contributed by atoms with Crippen molar-refractivity contribution in [1.82, 2.24) is 9.97 Å². The molecular formula is C21H23N5. The second kappa shape index (κ2) is 7.04. The number of nitrogens with zero attached hydrogens (tertiary/aromatic N) is 4. The molecule has 1 aliphatic heterocycles. The van der Waals surface area contributed by atoms with Crippen LogP contribution in [-0.2, 0) is 0 Å². The lowest BCUT2D eigenvalue weighted by Crippen LogP contribution is -2.46. The van der Waals surface area contributed by atoms with Gasteiger partial charge in [0.2, 0.25) is 0 Å². The van der Waals surface area contributed by atoms with E-state index in [4.69, 9.17) is 10.7 Å². The molecule has 0 amide bonds. The van der Waals surface area contributed by atoms with Crippen LogP contribution in [0.3, 0.4) is 0 Å². The van der Waals surface area contributed by atoms with Crippen molar-refractivity contribution in [2.24, 2.45) is 0 Å². The molecule has 0 saturated carbocycles. The number of hydrogen-bond acceptors (Lipinski definition) is 5. The maximum Gasteiger partial charge on any atom is 0.161 e. The van der Waals surface area contributed by atoms with E-state index < -0.39 is 0 Å². The zero-order chi connectivity index (χ0) is 17.9. The summed E-state index contributed by atoms with van der Waals surface area (Å²) in [5.74, 6) is 1.72. The van der Waals surface area contributed by atoms with Crippen LogP contribution in [-0.4, -0.2) is 36.1 Å². The van der Waals surface area contributed by atoms with E-state index in [0.29, 0.717) is 0 Å². The van der Waals surface area contributed by atoms with Crippen molar-refractivity contribution in [3.63, 3.8) is 0 Å². The highest BCUT2D eigenvalue weighted by molar-refractivity contribution is 5.63.